The van der Waals surface area contributed by atoms with E-state index in [9.17, 15) is 9.90 Å². The van der Waals surface area contributed by atoms with Gasteiger partial charge in [-0.05, 0) is 27.2 Å². The minimum Gasteiger partial charge on any atom is -0.460 e. The van der Waals surface area contributed by atoms with E-state index >= 15 is 0 Å². The zero-order valence-corrected chi connectivity index (χ0v) is 9.56. The molecule has 5 nitrogen and oxygen atoms in total. The van der Waals surface area contributed by atoms with Crippen LogP contribution in [0.2, 0.25) is 0 Å². The van der Waals surface area contributed by atoms with Crippen molar-refractivity contribution in [3.63, 3.8) is 0 Å². The van der Waals surface area contributed by atoms with Gasteiger partial charge in [0.05, 0.1) is 18.6 Å². The normalized spacial score (nSPS) is 15.9. The molecule has 0 aliphatic carbocycles. The lowest BCUT2D eigenvalue weighted by atomic mass is 10.0. The van der Waals surface area contributed by atoms with Crippen molar-refractivity contribution in [1.29, 1.82) is 0 Å². The van der Waals surface area contributed by atoms with Crippen molar-refractivity contribution in [1.82, 2.24) is 0 Å². The summed E-state index contributed by atoms with van der Waals surface area (Å²) in [5, 5.41) is 18.2. The van der Waals surface area contributed by atoms with E-state index < -0.39 is 23.6 Å². The highest BCUT2D eigenvalue weighted by molar-refractivity contribution is 5.73. The minimum atomic E-state index is -0.783. The Morgan fingerprint density at radius 3 is 2.33 bits per heavy atom. The van der Waals surface area contributed by atoms with Crippen LogP contribution in [-0.2, 0) is 9.53 Å². The lowest BCUT2D eigenvalue weighted by Gasteiger charge is -2.23. The number of esters is 1. The second-order valence-electron chi connectivity index (χ2n) is 4.54. The minimum absolute atomic E-state index is 0.0687. The van der Waals surface area contributed by atoms with Crippen molar-refractivity contribution >= 4 is 5.97 Å². The molecule has 0 radical (unpaired) electrons. The van der Waals surface area contributed by atoms with Crippen LogP contribution in [0.4, 0.5) is 0 Å². The Morgan fingerprint density at radius 2 is 2.00 bits per heavy atom. The van der Waals surface area contributed by atoms with Crippen LogP contribution in [0.15, 0.2) is 0 Å². The predicted molar refractivity (Wildman–Crippen MR) is 56.1 cm³/mol. The zero-order chi connectivity index (χ0) is 12.1. The van der Waals surface area contributed by atoms with Crippen LogP contribution in [0.5, 0.6) is 0 Å². The number of carbonyl (C=O) groups is 1. The molecule has 0 saturated carbocycles. The topological polar surface area (TPSA) is 92.8 Å². The van der Waals surface area contributed by atoms with Crippen LogP contribution in [0.1, 0.15) is 27.2 Å². The van der Waals surface area contributed by atoms with Gasteiger partial charge in [0, 0.05) is 6.54 Å². The average Bonchev–Trinajstić information content (AvgIpc) is 2.10. The summed E-state index contributed by atoms with van der Waals surface area (Å²) in [5.74, 6) is -1.21. The number of hydrogen-bond donors (Lipinski definition) is 3. The molecule has 0 aromatic rings. The molecule has 0 amide bonds. The molecule has 5 heteroatoms. The van der Waals surface area contributed by atoms with E-state index in [4.69, 9.17) is 15.6 Å². The molecule has 0 spiro atoms. The first-order valence-electron chi connectivity index (χ1n) is 5.02. The van der Waals surface area contributed by atoms with Crippen LogP contribution < -0.4 is 5.73 Å². The first kappa shape index (κ1) is 14.3. The molecule has 0 aliphatic heterocycles. The van der Waals surface area contributed by atoms with Crippen LogP contribution in [0.25, 0.3) is 0 Å². The summed E-state index contributed by atoms with van der Waals surface area (Å²) >= 11 is 0. The first-order valence-corrected chi connectivity index (χ1v) is 5.02. The fourth-order valence-corrected chi connectivity index (χ4v) is 1.06. The van der Waals surface area contributed by atoms with Gasteiger partial charge in [-0.2, -0.15) is 0 Å². The molecular formula is C10H21NO4. The van der Waals surface area contributed by atoms with Gasteiger partial charge in [-0.15, -0.1) is 0 Å². The maximum atomic E-state index is 11.5. The van der Waals surface area contributed by atoms with Gasteiger partial charge in [0.1, 0.15) is 5.60 Å². The summed E-state index contributed by atoms with van der Waals surface area (Å²) in [6.45, 7) is 4.97. The molecule has 4 N–H and O–H groups in total. The third-order valence-electron chi connectivity index (χ3n) is 1.79. The Bertz CT molecular complexity index is 200. The monoisotopic (exact) mass is 219 g/mol. The van der Waals surface area contributed by atoms with Crippen molar-refractivity contribution in [2.45, 2.75) is 38.9 Å². The van der Waals surface area contributed by atoms with Gasteiger partial charge >= 0.3 is 5.97 Å². The maximum Gasteiger partial charge on any atom is 0.311 e. The third-order valence-corrected chi connectivity index (χ3v) is 1.79. The van der Waals surface area contributed by atoms with E-state index in [0.717, 1.165) is 0 Å². The third kappa shape index (κ3) is 6.43. The van der Waals surface area contributed by atoms with E-state index in [2.05, 4.69) is 0 Å². The lowest BCUT2D eigenvalue weighted by molar-refractivity contribution is -0.162. The van der Waals surface area contributed by atoms with Crippen molar-refractivity contribution in [3.8, 4) is 0 Å². The molecule has 0 aliphatic rings. The van der Waals surface area contributed by atoms with Gasteiger partial charge in [0.2, 0.25) is 0 Å². The Hall–Kier alpha value is -0.650. The molecule has 2 atom stereocenters. The Kier molecular flexibility index (Phi) is 5.79. The highest BCUT2D eigenvalue weighted by Crippen LogP contribution is 2.14. The number of nitrogens with two attached hydrogens (primary N) is 1. The zero-order valence-electron chi connectivity index (χ0n) is 9.56. The smallest absolute Gasteiger partial charge is 0.311 e. The summed E-state index contributed by atoms with van der Waals surface area (Å²) in [5.41, 5.74) is 4.63. The SMILES string of the molecule is CC(C)(C)OC(=O)C(CO)CC(O)CN. The van der Waals surface area contributed by atoms with E-state index in [1.54, 1.807) is 20.8 Å². The summed E-state index contributed by atoms with van der Waals surface area (Å²) in [6, 6.07) is 0. The summed E-state index contributed by atoms with van der Waals surface area (Å²) in [7, 11) is 0. The quantitative estimate of drug-likeness (QED) is 0.549. The first-order chi connectivity index (χ1) is 6.80. The number of aliphatic hydroxyl groups is 2. The molecule has 90 valence electrons. The Morgan fingerprint density at radius 1 is 1.47 bits per heavy atom. The van der Waals surface area contributed by atoms with Crippen LogP contribution in [-0.4, -0.2) is 41.0 Å². The summed E-state index contributed by atoms with van der Waals surface area (Å²) in [6.07, 6.45) is -0.656. The van der Waals surface area contributed by atoms with Gasteiger partial charge < -0.3 is 20.7 Å². The fourth-order valence-electron chi connectivity index (χ4n) is 1.06. The molecule has 15 heavy (non-hydrogen) atoms. The van der Waals surface area contributed by atoms with Crippen LogP contribution in [0.3, 0.4) is 0 Å². The number of carbonyl (C=O) groups excluding carboxylic acids is 1. The Balaban J connectivity index is 4.23. The number of rotatable bonds is 5. The largest absolute Gasteiger partial charge is 0.460 e. The van der Waals surface area contributed by atoms with Crippen molar-refractivity contribution in [2.75, 3.05) is 13.2 Å². The molecule has 0 saturated heterocycles. The van der Waals surface area contributed by atoms with E-state index in [1.165, 1.54) is 0 Å². The lowest BCUT2D eigenvalue weighted by Crippen LogP contribution is -2.34. The molecule has 0 aromatic heterocycles. The van der Waals surface area contributed by atoms with E-state index in [1.807, 2.05) is 0 Å². The fraction of sp³-hybridized carbons (Fsp3) is 0.900. The summed E-state index contributed by atoms with van der Waals surface area (Å²) in [4.78, 5) is 11.5. The van der Waals surface area contributed by atoms with Crippen LogP contribution in [0, 0.1) is 5.92 Å². The molecule has 0 rings (SSSR count). The molecule has 0 fully saturated rings. The molecule has 0 bridgehead atoms. The molecular weight excluding hydrogens is 198 g/mol. The number of aliphatic hydroxyl groups excluding tert-OH is 2. The second-order valence-corrected chi connectivity index (χ2v) is 4.54. The summed E-state index contributed by atoms with van der Waals surface area (Å²) < 4.78 is 5.09. The van der Waals surface area contributed by atoms with Crippen molar-refractivity contribution < 1.29 is 19.7 Å². The van der Waals surface area contributed by atoms with Crippen LogP contribution >= 0.6 is 0 Å². The Labute approximate surface area is 90.2 Å². The number of hydrogen-bond acceptors (Lipinski definition) is 5. The standard InChI is InChI=1S/C10H21NO4/c1-10(2,3)15-9(14)7(6-12)4-8(13)5-11/h7-8,12-13H,4-6,11H2,1-3H3. The second kappa shape index (κ2) is 6.05. The molecule has 0 aromatic carbocycles. The average molecular weight is 219 g/mol. The highest BCUT2D eigenvalue weighted by atomic mass is 16.6. The van der Waals surface area contributed by atoms with Gasteiger partial charge in [-0.25, -0.2) is 0 Å². The van der Waals surface area contributed by atoms with Gasteiger partial charge in [0.25, 0.3) is 0 Å². The maximum absolute atomic E-state index is 11.5. The predicted octanol–water partition coefficient (Wildman–Crippen LogP) is -0.354. The van der Waals surface area contributed by atoms with Gasteiger partial charge in [-0.3, -0.25) is 4.79 Å². The van der Waals surface area contributed by atoms with Gasteiger partial charge in [0.15, 0.2) is 0 Å². The van der Waals surface area contributed by atoms with Crippen molar-refractivity contribution in [3.05, 3.63) is 0 Å². The molecule has 0 heterocycles. The van der Waals surface area contributed by atoms with Gasteiger partial charge in [-0.1, -0.05) is 0 Å². The number of ether oxygens (including phenoxy) is 1. The van der Waals surface area contributed by atoms with E-state index in [-0.39, 0.29) is 19.6 Å². The van der Waals surface area contributed by atoms with Crippen molar-refractivity contribution in [2.24, 2.45) is 11.7 Å². The highest BCUT2D eigenvalue weighted by Gasteiger charge is 2.26. The van der Waals surface area contributed by atoms with E-state index in [0.29, 0.717) is 0 Å². The molecule has 2 unspecified atom stereocenters.